The van der Waals surface area contributed by atoms with Crippen molar-refractivity contribution in [2.45, 2.75) is 132 Å². The fourth-order valence-electron chi connectivity index (χ4n) is 8.76. The maximum absolute atomic E-state index is 8.81. The number of fused-ring (bicyclic) bond motifs is 1. The lowest BCUT2D eigenvalue weighted by molar-refractivity contribution is -0.106. The van der Waals surface area contributed by atoms with E-state index in [0.29, 0.717) is 17.2 Å². The van der Waals surface area contributed by atoms with Gasteiger partial charge in [-0.25, -0.2) is 4.98 Å². The van der Waals surface area contributed by atoms with Gasteiger partial charge in [-0.3, -0.25) is 14.6 Å². The molecule has 2 fully saturated rings. The first kappa shape index (κ1) is 53.6. The summed E-state index contributed by atoms with van der Waals surface area (Å²) in [4.78, 5) is 23.4. The topological polar surface area (TPSA) is 102 Å². The van der Waals surface area contributed by atoms with Crippen LogP contribution in [0.2, 0.25) is 0 Å². The van der Waals surface area contributed by atoms with Crippen LogP contribution in [0.3, 0.4) is 0 Å². The van der Waals surface area contributed by atoms with E-state index in [1.54, 1.807) is 18.4 Å². The lowest BCUT2D eigenvalue weighted by atomic mass is 9.83. The van der Waals surface area contributed by atoms with Crippen molar-refractivity contribution in [3.8, 4) is 22.5 Å². The highest BCUT2D eigenvalue weighted by atomic mass is 32.2. The predicted molar refractivity (Wildman–Crippen MR) is 274 cm³/mol. The first-order valence-corrected chi connectivity index (χ1v) is 24.9. The number of hydrogen-bond donors (Lipinski definition) is 2. The van der Waals surface area contributed by atoms with Crippen molar-refractivity contribution >= 4 is 40.5 Å². The van der Waals surface area contributed by atoms with Gasteiger partial charge in [0.2, 0.25) is 0 Å². The quantitative estimate of drug-likeness (QED) is 0.0574. The monoisotopic (exact) mass is 900 g/mol. The zero-order valence-electron chi connectivity index (χ0n) is 40.9. The second-order valence-electron chi connectivity index (χ2n) is 17.7. The van der Waals surface area contributed by atoms with E-state index in [9.17, 15) is 0 Å². The van der Waals surface area contributed by atoms with Crippen LogP contribution in [0.1, 0.15) is 117 Å². The zero-order chi connectivity index (χ0) is 46.9. The molecule has 3 aromatic heterocycles. The Morgan fingerprint density at radius 1 is 1.16 bits per heavy atom. The number of nitrogens with two attached hydrogens (primary N) is 1. The number of carbonyl (C=O) groups excluding carboxylic acids is 1. The van der Waals surface area contributed by atoms with E-state index < -0.39 is 0 Å². The second-order valence-corrected chi connectivity index (χ2v) is 19.7. The Bertz CT molecular complexity index is 2040. The maximum atomic E-state index is 8.81. The van der Waals surface area contributed by atoms with E-state index >= 15 is 0 Å². The van der Waals surface area contributed by atoms with Crippen LogP contribution in [-0.4, -0.2) is 82.2 Å². The molecule has 0 aliphatic carbocycles. The molecule has 0 radical (unpaired) electrons. The smallest absolute Gasteiger partial charge is 0.116 e. The highest BCUT2D eigenvalue weighted by Crippen LogP contribution is 2.42. The molecule has 3 atom stereocenters. The molecule has 9 nitrogen and oxygen atoms in total. The molecular weight excluding hydrogens is 819 g/mol. The van der Waals surface area contributed by atoms with Crippen molar-refractivity contribution < 1.29 is 9.53 Å². The molecule has 0 saturated carbocycles. The average Bonchev–Trinajstić information content (AvgIpc) is 3.86. The van der Waals surface area contributed by atoms with Crippen LogP contribution in [0.15, 0.2) is 79.1 Å². The summed E-state index contributed by atoms with van der Waals surface area (Å²) in [5.74, 6) is 1.47. The lowest BCUT2D eigenvalue weighted by Gasteiger charge is -2.45. The molecule has 0 spiro atoms. The number of carbonyl (C=O) groups is 1. The highest BCUT2D eigenvalue weighted by molar-refractivity contribution is 7.98. The highest BCUT2D eigenvalue weighted by Gasteiger charge is 2.33. The number of likely N-dealkylation sites (tertiary alicyclic amines) is 1. The number of thiazole rings is 1. The fourth-order valence-corrected chi connectivity index (χ4v) is 10.6. The van der Waals surface area contributed by atoms with Gasteiger partial charge in [0.15, 0.2) is 0 Å². The van der Waals surface area contributed by atoms with Gasteiger partial charge in [-0.05, 0) is 99.7 Å². The van der Waals surface area contributed by atoms with Crippen LogP contribution < -0.4 is 10.5 Å². The minimum absolute atomic E-state index is 0.00186. The molecule has 2 aliphatic heterocycles. The Kier molecular flexibility index (Phi) is 22.4. The molecule has 63 heavy (non-hydrogen) atoms. The molecule has 4 aromatic rings. The molecule has 348 valence electrons. The summed E-state index contributed by atoms with van der Waals surface area (Å²) in [5.41, 5.74) is 16.1. The SMILES string of the molecule is C=C(N)C(C(C)C)N1CC(CC)C1.C=CN(C)CC(C)(C)Cc1c(-c2cccnc2C(C)OC)n(CC)c2ccc(-c3csc(CCC(=C)C4CCCNS4)n3)cc12.CC.CC=O. The van der Waals surface area contributed by atoms with E-state index in [0.717, 1.165) is 79.3 Å². The van der Waals surface area contributed by atoms with Gasteiger partial charge in [0, 0.05) is 97.9 Å². The number of pyridine rings is 1. The summed E-state index contributed by atoms with van der Waals surface area (Å²) < 4.78 is 11.7. The molecular formula is C52H81N7O2S2. The molecule has 1 aromatic carbocycles. The lowest BCUT2D eigenvalue weighted by Crippen LogP contribution is -2.55. The minimum Gasteiger partial charge on any atom is -0.401 e. The van der Waals surface area contributed by atoms with Gasteiger partial charge in [0.1, 0.15) is 6.29 Å². The maximum Gasteiger partial charge on any atom is 0.116 e. The van der Waals surface area contributed by atoms with Crippen LogP contribution in [-0.2, 0) is 28.9 Å². The van der Waals surface area contributed by atoms with Crippen LogP contribution in [0.4, 0.5) is 0 Å². The standard InChI is InChI=1S/C37H49N5OS2.C11H22N2.C2H4O.C2H6/c1-9-41(7)24-37(5,6)22-30-29-21-27(31-23-44-34(40-31)18-15-25(3)33-14-12-20-39-45-33)16-17-32(29)42(10-2)36(30)28-13-11-19-38-35(28)26(4)43-8;1-5-10-6-13(7-10)11(8(2)3)9(4)12;1-2-3;1-2/h9,11,13,16-17,19,21,23,26,33,39H,1,3,10,12,14-15,18,20,22,24H2,2,4-8H3;8,10-11H,4-7,12H2,1-3H3;2H,1H3;1-2H3. The predicted octanol–water partition coefficient (Wildman–Crippen LogP) is 12.1. The van der Waals surface area contributed by atoms with E-state index in [4.69, 9.17) is 25.2 Å². The average molecular weight is 900 g/mol. The summed E-state index contributed by atoms with van der Waals surface area (Å²) in [6, 6.07) is 11.5. The third-order valence-corrected chi connectivity index (χ3v) is 14.0. The van der Waals surface area contributed by atoms with Crippen LogP contribution >= 0.6 is 23.3 Å². The number of rotatable bonds is 18. The Hall–Kier alpha value is -3.74. The Morgan fingerprint density at radius 2 is 1.86 bits per heavy atom. The summed E-state index contributed by atoms with van der Waals surface area (Å²) in [7, 11) is 3.85. The normalized spacial score (nSPS) is 16.3. The van der Waals surface area contributed by atoms with Gasteiger partial charge in [0.05, 0.1) is 34.2 Å². The van der Waals surface area contributed by atoms with Crippen molar-refractivity contribution in [3.63, 3.8) is 0 Å². The van der Waals surface area contributed by atoms with E-state index in [2.05, 4.69) is 124 Å². The van der Waals surface area contributed by atoms with E-state index in [-0.39, 0.29) is 11.5 Å². The Morgan fingerprint density at radius 3 is 2.43 bits per heavy atom. The molecule has 3 unspecified atom stereocenters. The van der Waals surface area contributed by atoms with E-state index in [1.807, 2.05) is 44.3 Å². The molecule has 2 saturated heterocycles. The van der Waals surface area contributed by atoms with Gasteiger partial charge in [-0.2, -0.15) is 0 Å². The zero-order valence-corrected chi connectivity index (χ0v) is 42.6. The third kappa shape index (κ3) is 14.6. The van der Waals surface area contributed by atoms with Crippen LogP contribution in [0, 0.1) is 17.3 Å². The Balaban J connectivity index is 0.000000493. The van der Waals surface area contributed by atoms with Gasteiger partial charge in [-0.1, -0.05) is 98.2 Å². The number of aromatic nitrogens is 3. The molecule has 0 bridgehead atoms. The van der Waals surface area contributed by atoms with Crippen LogP contribution in [0.5, 0.6) is 0 Å². The second kappa shape index (κ2) is 26.3. The fraction of sp³-hybridized carbons (Fsp3) is 0.558. The van der Waals surface area contributed by atoms with Gasteiger partial charge < -0.3 is 24.7 Å². The van der Waals surface area contributed by atoms with Gasteiger partial charge in [0.25, 0.3) is 0 Å². The minimum atomic E-state index is -0.120. The first-order chi connectivity index (χ1) is 30.1. The summed E-state index contributed by atoms with van der Waals surface area (Å²) in [6.07, 6.45) is 11.0. The number of methoxy groups -OCH3 is 1. The molecule has 3 N–H and O–H groups in total. The molecule has 6 rings (SSSR count). The number of hydrogen-bond acceptors (Lipinski definition) is 10. The van der Waals surface area contributed by atoms with Crippen molar-refractivity contribution in [1.82, 2.24) is 29.1 Å². The van der Waals surface area contributed by atoms with Crippen molar-refractivity contribution in [2.24, 2.45) is 23.0 Å². The molecule has 11 heteroatoms. The number of nitrogens with zero attached hydrogens (tertiary/aromatic N) is 5. The van der Waals surface area contributed by atoms with Crippen molar-refractivity contribution in [3.05, 3.63) is 95.4 Å². The number of nitrogens with one attached hydrogen (secondary N) is 1. The van der Waals surface area contributed by atoms with Gasteiger partial charge in [-0.15, -0.1) is 11.3 Å². The Labute approximate surface area is 390 Å². The van der Waals surface area contributed by atoms with Crippen LogP contribution in [0.25, 0.3) is 33.4 Å². The largest absolute Gasteiger partial charge is 0.401 e. The van der Waals surface area contributed by atoms with Crippen molar-refractivity contribution in [2.75, 3.05) is 40.3 Å². The molecule has 0 amide bonds. The summed E-state index contributed by atoms with van der Waals surface area (Å²) >= 11 is 3.60. The number of benzene rings is 1. The third-order valence-electron chi connectivity index (χ3n) is 11.9. The summed E-state index contributed by atoms with van der Waals surface area (Å²) in [5, 5.41) is 5.19. The number of aldehydes is 1. The number of aryl methyl sites for hydroxylation is 2. The molecule has 2 aliphatic rings. The summed E-state index contributed by atoms with van der Waals surface area (Å²) in [6.45, 7) is 38.7. The van der Waals surface area contributed by atoms with Gasteiger partial charge >= 0.3 is 0 Å². The number of ether oxygens (including phenoxy) is 1. The van der Waals surface area contributed by atoms with E-state index in [1.165, 1.54) is 72.0 Å². The van der Waals surface area contributed by atoms with Crippen molar-refractivity contribution in [1.29, 1.82) is 0 Å². The first-order valence-electron chi connectivity index (χ1n) is 23.2. The molecule has 5 heterocycles.